The molecule has 2 aromatic rings. The molecule has 0 atom stereocenters. The third kappa shape index (κ3) is 2.14. The van der Waals surface area contributed by atoms with Gasteiger partial charge in [0, 0.05) is 20.3 Å². The molecule has 0 radical (unpaired) electrons. The fourth-order valence-electron chi connectivity index (χ4n) is 1.10. The lowest BCUT2D eigenvalue weighted by Crippen LogP contribution is -2.08. The van der Waals surface area contributed by atoms with Crippen LogP contribution in [0.5, 0.6) is 0 Å². The van der Waals surface area contributed by atoms with Crippen molar-refractivity contribution < 1.29 is 14.7 Å². The van der Waals surface area contributed by atoms with Crippen LogP contribution in [0.4, 0.5) is 0 Å². The molecule has 1 N–H and O–H groups in total. The van der Waals surface area contributed by atoms with Crippen molar-refractivity contribution in [2.75, 3.05) is 0 Å². The van der Waals surface area contributed by atoms with Gasteiger partial charge in [0.2, 0.25) is 0 Å². The van der Waals surface area contributed by atoms with Crippen molar-refractivity contribution in [2.45, 2.75) is 0 Å². The van der Waals surface area contributed by atoms with E-state index in [2.05, 4.69) is 0 Å². The molecule has 15 heavy (non-hydrogen) atoms. The predicted octanol–water partition coefficient (Wildman–Crippen LogP) is 2.63. The number of hydrogen-bond donors (Lipinski definition) is 1. The molecule has 5 heteroatoms. The van der Waals surface area contributed by atoms with Crippen LogP contribution in [-0.2, 0) is 9.59 Å². The van der Waals surface area contributed by atoms with Gasteiger partial charge >= 0.3 is 5.97 Å². The maximum atomic E-state index is 10.8. The average molecular weight is 238 g/mol. The standard InChI is InChI=1S/C10H6O3S2/c11-8(10(12)13)2-1-7-3-6-4-14-5-9(6)15-7/h1-5H,(H,12,13)/b2-1+. The highest BCUT2D eigenvalue weighted by Crippen LogP contribution is 2.29. The summed E-state index contributed by atoms with van der Waals surface area (Å²) in [5, 5.41) is 13.5. The first-order valence-corrected chi connectivity index (χ1v) is 5.84. The molecule has 0 unspecified atom stereocenters. The highest BCUT2D eigenvalue weighted by Gasteiger charge is 2.06. The van der Waals surface area contributed by atoms with E-state index in [1.54, 1.807) is 11.3 Å². The molecule has 0 amide bonds. The summed E-state index contributed by atoms with van der Waals surface area (Å²) in [5.74, 6) is -2.32. The number of thiophene rings is 2. The Balaban J connectivity index is 2.22. The zero-order valence-corrected chi connectivity index (χ0v) is 9.10. The second kappa shape index (κ2) is 3.96. The Morgan fingerprint density at radius 3 is 2.80 bits per heavy atom. The first-order valence-electron chi connectivity index (χ1n) is 4.08. The SMILES string of the molecule is O=C(O)C(=O)/C=C/c1cc2cscc2s1. The van der Waals surface area contributed by atoms with Gasteiger partial charge in [-0.05, 0) is 23.6 Å². The van der Waals surface area contributed by atoms with Crippen LogP contribution < -0.4 is 0 Å². The number of carboxylic acids is 1. The quantitative estimate of drug-likeness (QED) is 0.660. The number of rotatable bonds is 3. The van der Waals surface area contributed by atoms with E-state index in [0.29, 0.717) is 0 Å². The topological polar surface area (TPSA) is 54.4 Å². The van der Waals surface area contributed by atoms with Crippen LogP contribution in [0.25, 0.3) is 16.2 Å². The summed E-state index contributed by atoms with van der Waals surface area (Å²) in [6.45, 7) is 0. The van der Waals surface area contributed by atoms with Crippen molar-refractivity contribution in [1.29, 1.82) is 0 Å². The molecule has 0 bridgehead atoms. The van der Waals surface area contributed by atoms with E-state index in [4.69, 9.17) is 5.11 Å². The predicted molar refractivity (Wildman–Crippen MR) is 61.4 cm³/mol. The van der Waals surface area contributed by atoms with E-state index in [0.717, 1.165) is 21.0 Å². The van der Waals surface area contributed by atoms with Gasteiger partial charge in [0.05, 0.1) is 0 Å². The monoisotopic (exact) mass is 238 g/mol. The van der Waals surface area contributed by atoms with E-state index >= 15 is 0 Å². The summed E-state index contributed by atoms with van der Waals surface area (Å²) >= 11 is 3.16. The lowest BCUT2D eigenvalue weighted by atomic mass is 10.3. The Kier molecular flexibility index (Phi) is 2.66. The second-order valence-corrected chi connectivity index (χ2v) is 4.70. The molecule has 2 rings (SSSR count). The summed E-state index contributed by atoms with van der Waals surface area (Å²) in [6.07, 6.45) is 2.61. The Labute approximate surface area is 93.3 Å². The zero-order chi connectivity index (χ0) is 10.8. The van der Waals surface area contributed by atoms with Crippen LogP contribution in [0.2, 0.25) is 0 Å². The minimum Gasteiger partial charge on any atom is -0.475 e. The van der Waals surface area contributed by atoms with Crippen molar-refractivity contribution in [1.82, 2.24) is 0 Å². The molecule has 2 aromatic heterocycles. The molecule has 0 aliphatic heterocycles. The Morgan fingerprint density at radius 1 is 1.33 bits per heavy atom. The summed E-state index contributed by atoms with van der Waals surface area (Å²) in [5.41, 5.74) is 0. The first-order chi connectivity index (χ1) is 7.16. The maximum absolute atomic E-state index is 10.8. The summed E-state index contributed by atoms with van der Waals surface area (Å²) < 4.78 is 1.16. The van der Waals surface area contributed by atoms with Gasteiger partial charge in [-0.2, -0.15) is 11.3 Å². The largest absolute Gasteiger partial charge is 0.475 e. The van der Waals surface area contributed by atoms with Crippen LogP contribution >= 0.6 is 22.7 Å². The van der Waals surface area contributed by atoms with Gasteiger partial charge < -0.3 is 5.11 Å². The van der Waals surface area contributed by atoms with E-state index < -0.39 is 11.8 Å². The molecule has 3 nitrogen and oxygen atoms in total. The van der Waals surface area contributed by atoms with Gasteiger partial charge in [-0.3, -0.25) is 4.79 Å². The number of hydrogen-bond acceptors (Lipinski definition) is 4. The molecule has 0 fully saturated rings. The maximum Gasteiger partial charge on any atom is 0.376 e. The normalized spacial score (nSPS) is 11.2. The molecule has 0 spiro atoms. The lowest BCUT2D eigenvalue weighted by molar-refractivity contribution is -0.146. The Hall–Kier alpha value is -1.46. The molecule has 2 heterocycles. The molecular formula is C10H6O3S2. The Bertz CT molecular complexity index is 519. The molecule has 0 aliphatic carbocycles. The van der Waals surface area contributed by atoms with E-state index in [9.17, 15) is 9.59 Å². The zero-order valence-electron chi connectivity index (χ0n) is 7.47. The van der Waals surface area contributed by atoms with Crippen molar-refractivity contribution in [3.05, 3.63) is 27.8 Å². The van der Waals surface area contributed by atoms with Gasteiger partial charge in [-0.25, -0.2) is 4.79 Å². The van der Waals surface area contributed by atoms with Gasteiger partial charge in [0.25, 0.3) is 5.78 Å². The van der Waals surface area contributed by atoms with E-state index in [1.807, 2.05) is 16.8 Å². The fourth-order valence-corrected chi connectivity index (χ4v) is 3.02. The van der Waals surface area contributed by atoms with E-state index in [1.165, 1.54) is 17.4 Å². The molecular weight excluding hydrogens is 232 g/mol. The first kappa shape index (κ1) is 10.1. The summed E-state index contributed by atoms with van der Waals surface area (Å²) in [6, 6.07) is 1.93. The second-order valence-electron chi connectivity index (χ2n) is 2.84. The minimum absolute atomic E-state index is 0.891. The number of fused-ring (bicyclic) bond motifs is 1. The number of carbonyl (C=O) groups is 2. The van der Waals surface area contributed by atoms with Crippen LogP contribution in [0.15, 0.2) is 22.9 Å². The van der Waals surface area contributed by atoms with Gasteiger partial charge in [0.1, 0.15) is 0 Å². The minimum atomic E-state index is -1.43. The van der Waals surface area contributed by atoms with Crippen LogP contribution in [-0.4, -0.2) is 16.9 Å². The van der Waals surface area contributed by atoms with Crippen molar-refractivity contribution in [2.24, 2.45) is 0 Å². The molecule has 0 aliphatic rings. The van der Waals surface area contributed by atoms with E-state index in [-0.39, 0.29) is 0 Å². The highest BCUT2D eigenvalue weighted by atomic mass is 32.1. The van der Waals surface area contributed by atoms with Gasteiger partial charge in [-0.15, -0.1) is 11.3 Å². The Morgan fingerprint density at radius 2 is 2.13 bits per heavy atom. The van der Waals surface area contributed by atoms with Crippen LogP contribution in [0.1, 0.15) is 4.88 Å². The number of carboxylic acid groups (broad SMARTS) is 1. The molecule has 0 saturated heterocycles. The molecule has 0 aromatic carbocycles. The summed E-state index contributed by atoms with van der Waals surface area (Å²) in [4.78, 5) is 21.9. The number of ketones is 1. The lowest BCUT2D eigenvalue weighted by Gasteiger charge is -1.83. The highest BCUT2D eigenvalue weighted by molar-refractivity contribution is 7.23. The summed E-state index contributed by atoms with van der Waals surface area (Å²) in [7, 11) is 0. The van der Waals surface area contributed by atoms with Crippen molar-refractivity contribution >= 4 is 50.6 Å². The van der Waals surface area contributed by atoms with Crippen LogP contribution in [0.3, 0.4) is 0 Å². The van der Waals surface area contributed by atoms with Crippen molar-refractivity contribution in [3.8, 4) is 0 Å². The van der Waals surface area contributed by atoms with Gasteiger partial charge in [0.15, 0.2) is 0 Å². The number of aliphatic carboxylic acids is 1. The van der Waals surface area contributed by atoms with Gasteiger partial charge in [-0.1, -0.05) is 0 Å². The average Bonchev–Trinajstić information content (AvgIpc) is 2.72. The molecule has 0 saturated carbocycles. The molecule has 76 valence electrons. The number of carbonyl (C=O) groups excluding carboxylic acids is 1. The smallest absolute Gasteiger partial charge is 0.376 e. The van der Waals surface area contributed by atoms with Crippen LogP contribution in [0, 0.1) is 0 Å². The van der Waals surface area contributed by atoms with Crippen molar-refractivity contribution in [3.63, 3.8) is 0 Å². The third-order valence-corrected chi connectivity index (χ3v) is 3.76. The third-order valence-electron chi connectivity index (χ3n) is 1.79. The fraction of sp³-hybridized carbons (Fsp3) is 0.